The highest BCUT2D eigenvalue weighted by atomic mass is 35.5. The van der Waals surface area contributed by atoms with Gasteiger partial charge in [-0.3, -0.25) is 9.36 Å². The van der Waals surface area contributed by atoms with Gasteiger partial charge in [0.15, 0.2) is 22.9 Å². The molecule has 2 heterocycles. The number of methoxy groups -OCH3 is 1. The zero-order valence-electron chi connectivity index (χ0n) is 23.3. The first kappa shape index (κ1) is 31.1. The van der Waals surface area contributed by atoms with Crippen molar-refractivity contribution < 1.29 is 33.3 Å². The fourth-order valence-corrected chi connectivity index (χ4v) is 5.83. The van der Waals surface area contributed by atoms with Crippen LogP contribution in [0.25, 0.3) is 6.08 Å². The summed E-state index contributed by atoms with van der Waals surface area (Å²) in [7, 11) is 1.26. The highest BCUT2D eigenvalue weighted by molar-refractivity contribution is 7.07. The van der Waals surface area contributed by atoms with E-state index < -0.39 is 23.5 Å². The Kier molecular flexibility index (Phi) is 10.3. The van der Waals surface area contributed by atoms with Crippen LogP contribution in [0.1, 0.15) is 37.9 Å². The number of thiazole rings is 1. The Morgan fingerprint density at radius 1 is 1.02 bits per heavy atom. The Balaban J connectivity index is 1.87. The van der Waals surface area contributed by atoms with Gasteiger partial charge in [0, 0.05) is 16.8 Å². The Labute approximate surface area is 255 Å². The summed E-state index contributed by atoms with van der Waals surface area (Å²) in [6, 6.07) is 7.38. The first-order valence-electron chi connectivity index (χ1n) is 13.0. The number of halogens is 2. The number of fused-ring (bicyclic) bond motifs is 1. The highest BCUT2D eigenvalue weighted by Crippen LogP contribution is 2.36. The number of nitrogens with zero attached hydrogens (tertiary/aromatic N) is 2. The molecule has 1 aromatic heterocycles. The maximum atomic E-state index is 13.9. The minimum absolute atomic E-state index is 0.148. The summed E-state index contributed by atoms with van der Waals surface area (Å²) in [5, 5.41) is 0.445. The Bertz CT molecular complexity index is 1710. The van der Waals surface area contributed by atoms with Crippen molar-refractivity contribution in [2.75, 3.05) is 33.5 Å². The third kappa shape index (κ3) is 6.64. The van der Waals surface area contributed by atoms with Crippen molar-refractivity contribution in [3.8, 4) is 17.2 Å². The van der Waals surface area contributed by atoms with Crippen LogP contribution in [-0.4, -0.2) is 50.0 Å². The van der Waals surface area contributed by atoms with Crippen molar-refractivity contribution in [3.63, 3.8) is 0 Å². The van der Waals surface area contributed by atoms with E-state index >= 15 is 0 Å². The van der Waals surface area contributed by atoms with Crippen LogP contribution < -0.4 is 29.1 Å². The second kappa shape index (κ2) is 13.9. The van der Waals surface area contributed by atoms with Gasteiger partial charge in [-0.2, -0.15) is 0 Å². The van der Waals surface area contributed by atoms with Gasteiger partial charge >= 0.3 is 11.9 Å². The van der Waals surface area contributed by atoms with Crippen molar-refractivity contribution in [1.82, 2.24) is 4.57 Å². The van der Waals surface area contributed by atoms with Crippen LogP contribution in [0, 0.1) is 0 Å². The first-order chi connectivity index (χ1) is 20.2. The van der Waals surface area contributed by atoms with Gasteiger partial charge in [-0.1, -0.05) is 40.6 Å². The summed E-state index contributed by atoms with van der Waals surface area (Å²) in [6.45, 7) is 6.01. The lowest BCUT2D eigenvalue weighted by Crippen LogP contribution is -2.39. The molecule has 4 rings (SSSR count). The van der Waals surface area contributed by atoms with Crippen LogP contribution in [0.15, 0.2) is 51.9 Å². The largest absolute Gasteiger partial charge is 0.490 e. The lowest BCUT2D eigenvalue weighted by Gasteiger charge is -2.23. The van der Waals surface area contributed by atoms with Crippen molar-refractivity contribution >= 4 is 52.6 Å². The molecule has 0 N–H and O–H groups in total. The molecule has 0 saturated heterocycles. The molecule has 3 aromatic rings. The molecule has 10 nitrogen and oxygen atoms in total. The minimum Gasteiger partial charge on any atom is -0.490 e. The number of carbonyl (C=O) groups is 2. The van der Waals surface area contributed by atoms with Crippen molar-refractivity contribution in [1.29, 1.82) is 0 Å². The second-order valence-corrected chi connectivity index (χ2v) is 10.5. The maximum absolute atomic E-state index is 13.9. The summed E-state index contributed by atoms with van der Waals surface area (Å²) < 4.78 is 28.7. The number of hydrogen-bond acceptors (Lipinski definition) is 10. The third-order valence-electron chi connectivity index (χ3n) is 5.97. The molecule has 13 heteroatoms. The normalized spacial score (nSPS) is 14.4. The average Bonchev–Trinajstić information content (AvgIpc) is 3.27. The van der Waals surface area contributed by atoms with Gasteiger partial charge in [0.1, 0.15) is 5.75 Å². The van der Waals surface area contributed by atoms with Gasteiger partial charge in [0.2, 0.25) is 0 Å². The molecule has 0 unspecified atom stereocenters. The molecule has 0 fully saturated rings. The zero-order valence-corrected chi connectivity index (χ0v) is 25.6. The number of ether oxygens (including phenoxy) is 5. The van der Waals surface area contributed by atoms with E-state index in [1.165, 1.54) is 23.9 Å². The van der Waals surface area contributed by atoms with Crippen molar-refractivity contribution in [2.45, 2.75) is 26.8 Å². The van der Waals surface area contributed by atoms with Crippen LogP contribution >= 0.6 is 34.5 Å². The van der Waals surface area contributed by atoms with Crippen molar-refractivity contribution in [3.05, 3.63) is 83.0 Å². The molecule has 0 aliphatic carbocycles. The van der Waals surface area contributed by atoms with E-state index in [1.807, 2.05) is 13.8 Å². The Morgan fingerprint density at radius 3 is 2.45 bits per heavy atom. The second-order valence-electron chi connectivity index (χ2n) is 8.65. The molecule has 1 atom stereocenters. The van der Waals surface area contributed by atoms with Gasteiger partial charge in [-0.15, -0.1) is 0 Å². The van der Waals surface area contributed by atoms with Gasteiger partial charge in [0.25, 0.3) is 5.56 Å². The minimum atomic E-state index is -0.867. The van der Waals surface area contributed by atoms with E-state index in [0.717, 1.165) is 11.3 Å². The number of carbonyl (C=O) groups excluding carboxylic acids is 2. The number of esters is 2. The predicted octanol–water partition coefficient (Wildman–Crippen LogP) is 4.06. The lowest BCUT2D eigenvalue weighted by atomic mass is 9.97. The molecule has 0 bridgehead atoms. The molecule has 0 saturated carbocycles. The van der Waals surface area contributed by atoms with E-state index in [2.05, 4.69) is 4.99 Å². The molecular formula is C29H28Cl2N2O8S. The number of benzene rings is 2. The van der Waals surface area contributed by atoms with Crippen LogP contribution in [0.2, 0.25) is 10.0 Å². The van der Waals surface area contributed by atoms with E-state index in [4.69, 9.17) is 46.9 Å². The van der Waals surface area contributed by atoms with Crippen molar-refractivity contribution in [2.24, 2.45) is 4.99 Å². The summed E-state index contributed by atoms with van der Waals surface area (Å²) >= 11 is 13.7. The Morgan fingerprint density at radius 2 is 1.76 bits per heavy atom. The molecule has 222 valence electrons. The van der Waals surface area contributed by atoms with Gasteiger partial charge < -0.3 is 23.7 Å². The number of aromatic nitrogens is 1. The summed E-state index contributed by atoms with van der Waals surface area (Å²) in [5.41, 5.74) is 0.681. The molecule has 1 aliphatic rings. The summed E-state index contributed by atoms with van der Waals surface area (Å²) in [6.07, 6.45) is 2.94. The smallest absolute Gasteiger partial charge is 0.344 e. The van der Waals surface area contributed by atoms with Crippen LogP contribution in [0.4, 0.5) is 0 Å². The summed E-state index contributed by atoms with van der Waals surface area (Å²) in [4.78, 5) is 43.4. The molecule has 0 radical (unpaired) electrons. The van der Waals surface area contributed by atoms with E-state index in [1.54, 1.807) is 37.3 Å². The van der Waals surface area contributed by atoms with Gasteiger partial charge in [-0.25, -0.2) is 14.6 Å². The fraction of sp³-hybridized carbons (Fsp3) is 0.310. The molecule has 1 aliphatic heterocycles. The molecule has 0 spiro atoms. The summed E-state index contributed by atoms with van der Waals surface area (Å²) in [5.74, 6) is -0.0591. The number of hydrogen-bond donors (Lipinski definition) is 0. The third-order valence-corrected chi connectivity index (χ3v) is 7.47. The SMILES string of the molecule is CCOC(=O)COc1c(Cl)cc(Cl)cc1/C=c1/sc2n(c1=O)[C@@H](c1ccc(OCC)c(OCC)c1)C(C(=O)OC)=CN=2. The zero-order chi connectivity index (χ0) is 30.4. The number of rotatable bonds is 11. The van der Waals surface area contributed by atoms with Gasteiger partial charge in [0.05, 0.1) is 48.1 Å². The quantitative estimate of drug-likeness (QED) is 0.290. The fourth-order valence-electron chi connectivity index (χ4n) is 4.30. The highest BCUT2D eigenvalue weighted by Gasteiger charge is 2.31. The predicted molar refractivity (Wildman–Crippen MR) is 159 cm³/mol. The average molecular weight is 636 g/mol. The van der Waals surface area contributed by atoms with Crippen LogP contribution in [0.3, 0.4) is 0 Å². The molecular weight excluding hydrogens is 607 g/mol. The van der Waals surface area contributed by atoms with Crippen LogP contribution in [-0.2, 0) is 19.1 Å². The van der Waals surface area contributed by atoms with E-state index in [0.29, 0.717) is 45.7 Å². The lowest BCUT2D eigenvalue weighted by molar-refractivity contribution is -0.145. The van der Waals surface area contributed by atoms with E-state index in [9.17, 15) is 14.4 Å². The maximum Gasteiger partial charge on any atom is 0.344 e. The van der Waals surface area contributed by atoms with Crippen LogP contribution in [0.5, 0.6) is 17.2 Å². The standard InChI is InChI=1S/C29H28Cl2N2O8S/c1-5-38-21-9-8-16(11-22(21)39-6-2)25-19(28(36)37-4)14-32-29-33(25)27(35)23(42-29)12-17-10-18(30)13-20(31)26(17)41-15-24(34)40-7-3/h8-14,25H,5-7,15H2,1-4H3/b23-12+/t25-/m0/s1. The monoisotopic (exact) mass is 634 g/mol. The molecule has 2 aromatic carbocycles. The topological polar surface area (TPSA) is 115 Å². The molecule has 42 heavy (non-hydrogen) atoms. The Hall–Kier alpha value is -3.80. The first-order valence-corrected chi connectivity index (χ1v) is 14.6. The van der Waals surface area contributed by atoms with Gasteiger partial charge in [-0.05, 0) is 56.7 Å². The van der Waals surface area contributed by atoms with E-state index in [-0.39, 0.29) is 34.1 Å². The molecule has 0 amide bonds.